The van der Waals surface area contributed by atoms with E-state index in [0.29, 0.717) is 18.5 Å². The number of amides is 1. The molecule has 2 aliphatic rings. The van der Waals surface area contributed by atoms with E-state index in [4.69, 9.17) is 5.11 Å². The molecule has 0 aromatic heterocycles. The molecular formula is C16H21NO2. The van der Waals surface area contributed by atoms with Gasteiger partial charge in [0.05, 0.1) is 6.61 Å². The summed E-state index contributed by atoms with van der Waals surface area (Å²) in [6, 6.07) is 8.75. The van der Waals surface area contributed by atoms with Crippen LogP contribution in [0.15, 0.2) is 24.3 Å². The lowest BCUT2D eigenvalue weighted by Crippen LogP contribution is -2.36. The van der Waals surface area contributed by atoms with Gasteiger partial charge in [0.2, 0.25) is 5.91 Å². The molecule has 0 heterocycles. The predicted molar refractivity (Wildman–Crippen MR) is 73.8 cm³/mol. The first-order valence-corrected chi connectivity index (χ1v) is 7.19. The molecule has 2 unspecified atom stereocenters. The molecule has 0 bridgehead atoms. The van der Waals surface area contributed by atoms with E-state index >= 15 is 0 Å². The summed E-state index contributed by atoms with van der Waals surface area (Å²) in [7, 11) is 0. The minimum Gasteiger partial charge on any atom is -0.395 e. The lowest BCUT2D eigenvalue weighted by atomic mass is 10.0. The van der Waals surface area contributed by atoms with Crippen LogP contribution in [0.2, 0.25) is 0 Å². The molecule has 1 amide bonds. The highest BCUT2D eigenvalue weighted by Gasteiger charge is 2.48. The van der Waals surface area contributed by atoms with Gasteiger partial charge in [0.1, 0.15) is 0 Å². The van der Waals surface area contributed by atoms with E-state index < -0.39 is 0 Å². The zero-order valence-corrected chi connectivity index (χ0v) is 11.4. The Morgan fingerprint density at radius 2 is 2.11 bits per heavy atom. The molecule has 19 heavy (non-hydrogen) atoms. The standard InChI is InChI=1S/C16H21NO2/c1-11-4-2-3-5-13(11)14-10-15(14)16(19)17(8-9-18)12-6-7-12/h2-5,12,14-15,18H,6-10H2,1H3. The number of aryl methyl sites for hydroxylation is 1. The summed E-state index contributed by atoms with van der Waals surface area (Å²) in [5, 5.41) is 9.10. The molecular weight excluding hydrogens is 238 g/mol. The molecule has 2 fully saturated rings. The van der Waals surface area contributed by atoms with Gasteiger partial charge in [0.15, 0.2) is 0 Å². The topological polar surface area (TPSA) is 40.5 Å². The number of aliphatic hydroxyl groups is 1. The largest absolute Gasteiger partial charge is 0.395 e. The summed E-state index contributed by atoms with van der Waals surface area (Å²) in [6.07, 6.45) is 3.18. The molecule has 1 N–H and O–H groups in total. The highest BCUT2D eigenvalue weighted by molar-refractivity contribution is 5.83. The zero-order chi connectivity index (χ0) is 13.4. The number of rotatable bonds is 5. The minimum absolute atomic E-state index is 0.0734. The van der Waals surface area contributed by atoms with Gasteiger partial charge in [-0.2, -0.15) is 0 Å². The van der Waals surface area contributed by atoms with Gasteiger partial charge in [-0.1, -0.05) is 24.3 Å². The molecule has 0 radical (unpaired) electrons. The lowest BCUT2D eigenvalue weighted by Gasteiger charge is -2.21. The van der Waals surface area contributed by atoms with Crippen LogP contribution in [0.1, 0.15) is 36.3 Å². The molecule has 0 aliphatic heterocycles. The summed E-state index contributed by atoms with van der Waals surface area (Å²) >= 11 is 0. The molecule has 3 nitrogen and oxygen atoms in total. The number of benzene rings is 1. The fraction of sp³-hybridized carbons (Fsp3) is 0.562. The van der Waals surface area contributed by atoms with E-state index in [9.17, 15) is 4.79 Å². The second-order valence-corrected chi connectivity index (χ2v) is 5.79. The quantitative estimate of drug-likeness (QED) is 0.879. The van der Waals surface area contributed by atoms with Crippen molar-refractivity contribution in [2.75, 3.05) is 13.2 Å². The second kappa shape index (κ2) is 4.97. The minimum atomic E-state index is 0.0734. The van der Waals surface area contributed by atoms with Crippen molar-refractivity contribution in [3.05, 3.63) is 35.4 Å². The molecule has 0 saturated heterocycles. The summed E-state index contributed by atoms with van der Waals surface area (Å²) in [5.74, 6) is 0.798. The van der Waals surface area contributed by atoms with Crippen molar-refractivity contribution < 1.29 is 9.90 Å². The van der Waals surface area contributed by atoms with Crippen LogP contribution >= 0.6 is 0 Å². The van der Waals surface area contributed by atoms with Crippen molar-refractivity contribution in [1.82, 2.24) is 4.90 Å². The van der Waals surface area contributed by atoms with E-state index in [2.05, 4.69) is 25.1 Å². The molecule has 102 valence electrons. The van der Waals surface area contributed by atoms with Crippen LogP contribution in [-0.4, -0.2) is 35.1 Å². The van der Waals surface area contributed by atoms with Crippen molar-refractivity contribution in [2.45, 2.75) is 38.1 Å². The van der Waals surface area contributed by atoms with Crippen LogP contribution in [0.25, 0.3) is 0 Å². The van der Waals surface area contributed by atoms with Crippen LogP contribution in [0.4, 0.5) is 0 Å². The highest BCUT2D eigenvalue weighted by Crippen LogP contribution is 2.50. The normalized spacial score (nSPS) is 25.2. The third-order valence-corrected chi connectivity index (χ3v) is 4.31. The van der Waals surface area contributed by atoms with Crippen molar-refractivity contribution >= 4 is 5.91 Å². The van der Waals surface area contributed by atoms with Gasteiger partial charge in [-0.25, -0.2) is 0 Å². The summed E-state index contributed by atoms with van der Waals surface area (Å²) in [4.78, 5) is 14.4. The third-order valence-electron chi connectivity index (χ3n) is 4.31. The average Bonchev–Trinajstić information content (AvgIpc) is 3.27. The van der Waals surface area contributed by atoms with E-state index in [0.717, 1.165) is 19.3 Å². The SMILES string of the molecule is Cc1ccccc1C1CC1C(=O)N(CCO)C1CC1. The van der Waals surface area contributed by atoms with E-state index in [-0.39, 0.29) is 18.4 Å². The Morgan fingerprint density at radius 3 is 2.74 bits per heavy atom. The first-order chi connectivity index (χ1) is 9.22. The highest BCUT2D eigenvalue weighted by atomic mass is 16.3. The Balaban J connectivity index is 1.68. The first kappa shape index (κ1) is 12.7. The maximum absolute atomic E-state index is 12.5. The predicted octanol–water partition coefficient (Wildman–Crippen LogP) is 2.08. The zero-order valence-electron chi connectivity index (χ0n) is 11.4. The Morgan fingerprint density at radius 1 is 1.37 bits per heavy atom. The molecule has 3 rings (SSSR count). The lowest BCUT2D eigenvalue weighted by molar-refractivity contribution is -0.133. The van der Waals surface area contributed by atoms with Gasteiger partial charge in [0, 0.05) is 18.5 Å². The molecule has 2 atom stereocenters. The number of hydrogen-bond donors (Lipinski definition) is 1. The molecule has 1 aromatic carbocycles. The molecule has 1 aromatic rings. The van der Waals surface area contributed by atoms with Crippen molar-refractivity contribution in [3.8, 4) is 0 Å². The smallest absolute Gasteiger partial charge is 0.226 e. The Kier molecular flexibility index (Phi) is 3.31. The maximum Gasteiger partial charge on any atom is 0.226 e. The molecule has 3 heteroatoms. The van der Waals surface area contributed by atoms with Crippen molar-refractivity contribution in [2.24, 2.45) is 5.92 Å². The molecule has 2 saturated carbocycles. The third kappa shape index (κ3) is 2.52. The van der Waals surface area contributed by atoms with Crippen LogP contribution in [-0.2, 0) is 4.79 Å². The van der Waals surface area contributed by atoms with E-state index in [1.165, 1.54) is 11.1 Å². The second-order valence-electron chi connectivity index (χ2n) is 5.79. The summed E-state index contributed by atoms with van der Waals surface area (Å²) < 4.78 is 0. The van der Waals surface area contributed by atoms with Gasteiger partial charge in [0.25, 0.3) is 0 Å². The van der Waals surface area contributed by atoms with Crippen LogP contribution in [0.3, 0.4) is 0 Å². The number of hydrogen-bond acceptors (Lipinski definition) is 2. The van der Waals surface area contributed by atoms with Gasteiger partial charge in [-0.05, 0) is 43.2 Å². The monoisotopic (exact) mass is 259 g/mol. The van der Waals surface area contributed by atoms with Gasteiger partial charge in [-0.3, -0.25) is 4.79 Å². The Hall–Kier alpha value is -1.35. The van der Waals surface area contributed by atoms with Gasteiger partial charge in [-0.15, -0.1) is 0 Å². The van der Waals surface area contributed by atoms with Crippen molar-refractivity contribution in [3.63, 3.8) is 0 Å². The van der Waals surface area contributed by atoms with E-state index in [1.54, 1.807) is 0 Å². The first-order valence-electron chi connectivity index (χ1n) is 7.19. The van der Waals surface area contributed by atoms with Gasteiger partial charge < -0.3 is 10.0 Å². The number of nitrogens with zero attached hydrogens (tertiary/aromatic N) is 1. The fourth-order valence-electron chi connectivity index (χ4n) is 2.99. The Bertz CT molecular complexity index is 481. The van der Waals surface area contributed by atoms with Gasteiger partial charge >= 0.3 is 0 Å². The van der Waals surface area contributed by atoms with E-state index in [1.807, 2.05) is 11.0 Å². The van der Waals surface area contributed by atoms with Crippen LogP contribution in [0, 0.1) is 12.8 Å². The maximum atomic E-state index is 12.5. The van der Waals surface area contributed by atoms with Crippen molar-refractivity contribution in [1.29, 1.82) is 0 Å². The Labute approximate surface area is 114 Å². The summed E-state index contributed by atoms with van der Waals surface area (Å²) in [5.41, 5.74) is 2.60. The average molecular weight is 259 g/mol. The van der Waals surface area contributed by atoms with Crippen LogP contribution < -0.4 is 0 Å². The number of carbonyl (C=O) groups excluding carboxylic acids is 1. The number of aliphatic hydroxyl groups excluding tert-OH is 1. The fourth-order valence-corrected chi connectivity index (χ4v) is 2.99. The summed E-state index contributed by atoms with van der Waals surface area (Å²) in [6.45, 7) is 2.69. The van der Waals surface area contributed by atoms with Crippen LogP contribution in [0.5, 0.6) is 0 Å². The molecule has 0 spiro atoms. The number of carbonyl (C=O) groups is 1. The molecule has 2 aliphatic carbocycles.